The van der Waals surface area contributed by atoms with Crippen LogP contribution in [0.2, 0.25) is 0 Å². The Kier molecular flexibility index (Phi) is 28.1. The van der Waals surface area contributed by atoms with Crippen molar-refractivity contribution in [3.63, 3.8) is 0 Å². The second-order valence-corrected chi connectivity index (χ2v) is 33.2. The van der Waals surface area contributed by atoms with Crippen LogP contribution in [-0.2, 0) is 8.23 Å². The van der Waals surface area contributed by atoms with E-state index in [1.165, 1.54) is 0 Å². The van der Waals surface area contributed by atoms with Crippen LogP contribution in [0.25, 0.3) is 0 Å². The number of halogens is 84. The lowest BCUT2D eigenvalue weighted by molar-refractivity contribution is -0.447. The second kappa shape index (κ2) is 29.4. The lowest BCUT2D eigenvalue weighted by Gasteiger charge is -2.57. The monoisotopic (exact) mass is 2170 g/mol. The normalized spacial score (nSPS) is 17.7. The maximum Gasteiger partial charge on any atom is 0.604 e. The summed E-state index contributed by atoms with van der Waals surface area (Å²) in [6.07, 6.45) is -73.3. The largest absolute Gasteiger partial charge is 0.604 e. The molecule has 0 aliphatic heterocycles. The van der Waals surface area contributed by atoms with Gasteiger partial charge in [0.2, 0.25) is 0 Å². The van der Waals surface area contributed by atoms with Crippen molar-refractivity contribution in [1.82, 2.24) is 0 Å². The van der Waals surface area contributed by atoms with E-state index in [1.807, 2.05) is 0 Å². The van der Waals surface area contributed by atoms with Gasteiger partial charge in [-0.05, 0) is 0 Å². The van der Waals surface area contributed by atoms with Gasteiger partial charge in [0.25, 0.3) is 0 Å². The first-order valence-electron chi connectivity index (χ1n) is 26.2. The summed E-state index contributed by atoms with van der Waals surface area (Å²) in [5, 5.41) is 0. The Morgan fingerprint density at radius 1 is 0.0945 bits per heavy atom. The number of hydrogen-bond acceptors (Lipinski definition) is 2. The van der Waals surface area contributed by atoms with Gasteiger partial charge in [0.15, 0.2) is 0 Å². The third-order valence-electron chi connectivity index (χ3n) is 15.6. The van der Waals surface area contributed by atoms with Crippen LogP contribution in [0, 0.1) is 0 Å². The fourth-order valence-corrected chi connectivity index (χ4v) is 22.3. The van der Waals surface area contributed by atoms with Gasteiger partial charge in [0.1, 0.15) is 0 Å². The fraction of sp³-hybridized carbons (Fsp3) is 1.00. The van der Waals surface area contributed by atoms with Crippen LogP contribution in [0.4, 0.5) is 369 Å². The lowest BCUT2D eigenvalue weighted by atomic mass is 9.97. The van der Waals surface area contributed by atoms with Crippen LogP contribution >= 0.6 is 0 Å². The Morgan fingerprint density at radius 3 is 0.244 bits per heavy atom. The Labute approximate surface area is 627 Å². The molecule has 0 aliphatic carbocycles. The van der Waals surface area contributed by atoms with E-state index >= 15 is 171 Å². The van der Waals surface area contributed by atoms with E-state index in [-0.39, 0.29) is 0 Å². The highest BCUT2D eigenvalue weighted by Gasteiger charge is 3.14. The smallest absolute Gasteiger partial charge is 0.395 e. The summed E-state index contributed by atoms with van der Waals surface area (Å²) < 4.78 is 1250. The molecule has 0 fully saturated rings. The molecule has 0 amide bonds. The summed E-state index contributed by atoms with van der Waals surface area (Å²) in [5.41, 5.74) is -100. The van der Waals surface area contributed by atoms with Gasteiger partial charge in [-0.15, -0.1) is 0 Å². The van der Waals surface area contributed by atoms with E-state index in [4.69, 9.17) is 0 Å². The summed E-state index contributed by atoms with van der Waals surface area (Å²) in [5.74, 6) is -295. The van der Waals surface area contributed by atoms with E-state index in [1.54, 1.807) is 0 Å². The van der Waals surface area contributed by atoms with E-state index in [9.17, 15) is 198 Å². The molecule has 0 aromatic heterocycles. The van der Waals surface area contributed by atoms with Gasteiger partial charge < -0.3 is 8.23 Å². The molecule has 0 saturated heterocycles. The molecular weight excluding hydrogens is 2170 g/mol. The van der Waals surface area contributed by atoms with Crippen LogP contribution < -0.4 is 0 Å². The Hall–Kier alpha value is -5.31. The quantitative estimate of drug-likeness (QED) is 0.0358. The minimum Gasteiger partial charge on any atom is -0.395 e. The Morgan fingerprint density at radius 2 is 0.173 bits per heavy atom. The third-order valence-corrected chi connectivity index (χ3v) is 28.3. The molecule has 0 heterocycles. The molecule has 0 saturated carbocycles. The van der Waals surface area contributed by atoms with Crippen molar-refractivity contribution < 1.29 is 377 Å². The average Bonchev–Trinajstić information content (AvgIpc) is 0.642. The van der Waals surface area contributed by atoms with Crippen LogP contribution in [-0.4, -0.2) is 250 Å². The topological polar surface area (TPSA) is 18.5 Å². The number of rotatable bonds is 35. The maximum absolute atomic E-state index is 18.8. The van der Waals surface area contributed by atoms with E-state index < -0.39 is 258 Å². The molecule has 0 unspecified atom stereocenters. The minimum absolute atomic E-state index is 1.06. The zero-order chi connectivity index (χ0) is 106. The van der Waals surface area contributed by atoms with E-state index in [0.29, 0.717) is 0 Å². The molecule has 0 bridgehead atoms. The standard InChI is InChI=1S/C38F84O2Si3/c39-1(40,13(63,64)25(87,88)89)7(51,52)19(75,76)32(108,109)125(33(110,111)20(77,78)8(53,54)2(41,42)14(65,66)26(90,91)92,34(112,113)21(79,80)9(55,56)3(43,44)15(67,68)27(93,94)95)123-127(122,38(120,121)31(105,106)107)124-126(35(114,115)22(81,82)10(57,58)4(45,46)16(69,70)28(96,97)98,36(116,117)23(83,84)11(59,60)5(47,48)17(71,72)29(99,100)101)37(118,119)24(85,86)12(61,62)6(49,50)18(73,74)30(102,103)104. The van der Waals surface area contributed by atoms with Crippen LogP contribution in [0.15, 0.2) is 0 Å². The third kappa shape index (κ3) is 14.0. The second-order valence-electron chi connectivity index (χ2n) is 23.4. The maximum atomic E-state index is 18.0. The molecule has 0 radical (unpaired) electrons. The van der Waals surface area contributed by atoms with Gasteiger partial charge in [0, 0.05) is 0 Å². The van der Waals surface area contributed by atoms with Crippen LogP contribution in [0.3, 0.4) is 0 Å². The first-order chi connectivity index (χ1) is 52.9. The summed E-state index contributed by atoms with van der Waals surface area (Å²) in [6.45, 7) is 0. The van der Waals surface area contributed by atoms with Gasteiger partial charge in [-0.1, -0.05) is 0 Å². The van der Waals surface area contributed by atoms with Crippen molar-refractivity contribution in [3.05, 3.63) is 0 Å². The van der Waals surface area contributed by atoms with Crippen molar-refractivity contribution in [2.45, 2.75) is 224 Å². The van der Waals surface area contributed by atoms with Gasteiger partial charge in [-0.3, -0.25) is 0 Å². The highest BCUT2D eigenvalue weighted by atomic mass is 28.5. The predicted molar refractivity (Wildman–Crippen MR) is 216 cm³/mol. The molecule has 0 spiro atoms. The van der Waals surface area contributed by atoms with E-state index in [2.05, 4.69) is 0 Å². The van der Waals surface area contributed by atoms with Crippen LogP contribution in [0.1, 0.15) is 0 Å². The van der Waals surface area contributed by atoms with Gasteiger partial charge in [0.05, 0.1) is 0 Å². The molecule has 0 aromatic rings. The zero-order valence-corrected chi connectivity index (χ0v) is 56.1. The highest BCUT2D eigenvalue weighted by Crippen LogP contribution is 2.78. The van der Waals surface area contributed by atoms with Gasteiger partial charge in [-0.25, -0.2) is 56.8 Å². The predicted octanol–water partition coefficient (Wildman–Crippen LogP) is 26.2. The van der Waals surface area contributed by atoms with Crippen LogP contribution in [0.5, 0.6) is 0 Å². The first kappa shape index (κ1) is 122. The molecule has 0 aromatic carbocycles. The van der Waals surface area contributed by atoms with Crippen molar-refractivity contribution in [1.29, 1.82) is 0 Å². The van der Waals surface area contributed by atoms with Gasteiger partial charge in [-0.2, -0.15) is 312 Å². The van der Waals surface area contributed by atoms with Gasteiger partial charge >= 0.3 is 250 Å². The summed E-state index contributed by atoms with van der Waals surface area (Å²) >= 11 is 0. The first-order valence-corrected chi connectivity index (χ1v) is 31.7. The average molecular weight is 2170 g/mol. The molecule has 89 heteroatoms. The summed E-state index contributed by atoms with van der Waals surface area (Å²) in [7, 11) is -55.4. The molecule has 0 aliphatic rings. The highest BCUT2D eigenvalue weighted by molar-refractivity contribution is 6.93. The SMILES string of the molecule is FC(F)(F)C(F)(F)C(F)(F)C(F)(F)C(F)(F)C(F)(F)[Si](O[Si](F)(O[Si](C(F)(F)C(F)(F)C(F)(F)C(F)(F)C(F)(F)C(F)(F)F)(C(F)(F)C(F)(F)C(F)(F)C(F)(F)C(F)(F)C(F)(F)F)C(F)(F)C(F)(F)C(F)(F)C(F)(F)C(F)(F)C(F)(F)F)C(F)(F)C(F)(F)F)(C(F)(F)C(F)(F)C(F)(F)C(F)(F)C(F)(F)C(F)(F)F)C(F)(F)C(F)(F)C(F)(F)C(F)(F)C(F)(F)C(F)(F)F. The molecule has 0 atom stereocenters. The molecule has 0 N–H and O–H groups in total. The Bertz CT molecular complexity index is 3300. The zero-order valence-electron chi connectivity index (χ0n) is 53.1. The molecule has 2 nitrogen and oxygen atoms in total. The molecule has 127 heavy (non-hydrogen) atoms. The summed E-state index contributed by atoms with van der Waals surface area (Å²) in [4.78, 5) is 0. The molecular formula is C38F84O2Si3. The minimum atomic E-state index is -18.8. The molecule has 764 valence electrons. The fourth-order valence-electron chi connectivity index (χ4n) is 8.22. The number of alkyl halides is 83. The van der Waals surface area contributed by atoms with E-state index in [0.717, 1.165) is 0 Å². The molecule has 0 rings (SSSR count). The summed E-state index contributed by atoms with van der Waals surface area (Å²) in [6, 6.07) is 0. The van der Waals surface area contributed by atoms with Crippen molar-refractivity contribution >= 4 is 25.5 Å². The Balaban J connectivity index is 14.7. The number of hydrogen-bond donors (Lipinski definition) is 0. The lowest BCUT2D eigenvalue weighted by Crippen LogP contribution is -2.96. The van der Waals surface area contributed by atoms with Crippen molar-refractivity contribution in [2.75, 3.05) is 0 Å². The van der Waals surface area contributed by atoms with Crippen molar-refractivity contribution in [3.8, 4) is 0 Å². The van der Waals surface area contributed by atoms with Crippen molar-refractivity contribution in [2.24, 2.45) is 0 Å².